The molecule has 0 nitrogen and oxygen atoms in total. The van der Waals surface area contributed by atoms with Crippen molar-refractivity contribution in [1.29, 1.82) is 0 Å². The van der Waals surface area contributed by atoms with Gasteiger partial charge in [-0.25, -0.2) is 0 Å². The molecule has 0 aliphatic heterocycles. The van der Waals surface area contributed by atoms with E-state index in [1.165, 1.54) is 0 Å². The molecule has 0 aromatic rings. The molecule has 0 amide bonds. The third-order valence-electron chi connectivity index (χ3n) is 0.0623. The molecular formula is BF3I-. The van der Waals surface area contributed by atoms with Crippen molar-refractivity contribution >= 4 is 5.12 Å². The van der Waals surface area contributed by atoms with Gasteiger partial charge in [-0.3, -0.25) is 0 Å². The van der Waals surface area contributed by atoms with Gasteiger partial charge in [0.1, 0.15) is 0 Å². The van der Waals surface area contributed by atoms with E-state index in [1.54, 1.807) is 0 Å². The monoisotopic (exact) mass is 195 g/mol. The molecule has 0 heterocycles. The van der Waals surface area contributed by atoms with Gasteiger partial charge in [-0.05, 0) is 0 Å². The van der Waals surface area contributed by atoms with E-state index in [9.17, 15) is 11.5 Å². The minimum absolute atomic E-state index is 2.29. The molecule has 32 valence electrons. The molecule has 0 rings (SSSR count). The fourth-order valence-corrected chi connectivity index (χ4v) is 0. The Hall–Kier alpha value is 0.585. The Morgan fingerprint density at radius 3 is 1.60 bits per heavy atom. The summed E-state index contributed by atoms with van der Waals surface area (Å²) >= 11 is -2.29. The van der Waals surface area contributed by atoms with Crippen molar-refractivity contribution in [2.24, 2.45) is 0 Å². The van der Waals surface area contributed by atoms with Gasteiger partial charge >= 0.3 is 38.2 Å². The molecule has 0 bridgehead atoms. The molecule has 0 fully saturated rings. The first-order valence-corrected chi connectivity index (χ1v) is 2.86. The molecule has 0 radical (unpaired) electrons. The van der Waals surface area contributed by atoms with Crippen molar-refractivity contribution < 1.29 is 33.1 Å². The van der Waals surface area contributed by atoms with Crippen molar-refractivity contribution in [2.75, 3.05) is 0 Å². The fourth-order valence-electron chi connectivity index (χ4n) is 0. The molecule has 5 heteroatoms. The first kappa shape index (κ1) is 5.58. The van der Waals surface area contributed by atoms with E-state index in [2.05, 4.69) is 0 Å². The molecule has 0 aromatic heterocycles. The fraction of sp³-hybridized carbons (Fsp3) is 0. The van der Waals surface area contributed by atoms with Crippen LogP contribution in [0.25, 0.3) is 0 Å². The Labute approximate surface area is 38.7 Å². The Morgan fingerprint density at radius 1 is 1.40 bits per heavy atom. The Morgan fingerprint density at radius 2 is 1.60 bits per heavy atom. The van der Waals surface area contributed by atoms with E-state index in [4.69, 9.17) is 0 Å². The summed E-state index contributed by atoms with van der Waals surface area (Å²) in [5.41, 5.74) is 0. The molecule has 0 unspecified atom stereocenters. The quantitative estimate of drug-likeness (QED) is 0.331. The summed E-state index contributed by atoms with van der Waals surface area (Å²) in [5, 5.41) is -2.67. The molecule has 5 heavy (non-hydrogen) atoms. The van der Waals surface area contributed by atoms with Crippen molar-refractivity contribution in [3.05, 3.63) is 0 Å². The number of rotatable bonds is 1. The minimum atomic E-state index is -2.67. The average Bonchev–Trinajstić information content (AvgIpc) is 1.38. The molecule has 0 aromatic carbocycles. The van der Waals surface area contributed by atoms with Crippen LogP contribution in [-0.2, 0) is 0 Å². The third kappa shape index (κ3) is 4.58. The van der Waals surface area contributed by atoms with E-state index < -0.39 is 26.7 Å². The number of hydrogen-bond acceptors (Lipinski definition) is 0. The van der Waals surface area contributed by atoms with Gasteiger partial charge in [0, 0.05) is 0 Å². The molecule has 0 aliphatic carbocycles. The zero-order chi connectivity index (χ0) is 4.28. The predicted octanol–water partition coefficient (Wildman–Crippen LogP) is -2.12. The zero-order valence-corrected chi connectivity index (χ0v) is 4.25. The van der Waals surface area contributed by atoms with Crippen LogP contribution in [0.2, 0.25) is 0 Å². The van der Waals surface area contributed by atoms with Gasteiger partial charge in [-0.15, -0.1) is 0 Å². The van der Waals surface area contributed by atoms with E-state index in [0.29, 0.717) is 0 Å². The maximum absolute atomic E-state index is 10.5. The third-order valence-corrected chi connectivity index (χ3v) is 0.418. The van der Waals surface area contributed by atoms with Crippen LogP contribution in [0.15, 0.2) is 0 Å². The molecule has 0 aliphatic rings. The van der Waals surface area contributed by atoms with Crippen molar-refractivity contribution in [3.8, 4) is 0 Å². The van der Waals surface area contributed by atoms with Crippen molar-refractivity contribution in [3.63, 3.8) is 0 Å². The van der Waals surface area contributed by atoms with Gasteiger partial charge in [0.05, 0.1) is 0 Å². The first-order chi connectivity index (χ1) is 2.27. The molecule has 0 saturated heterocycles. The summed E-state index contributed by atoms with van der Waals surface area (Å²) in [7, 11) is 0. The molecule has 0 N–H and O–H groups in total. The summed E-state index contributed by atoms with van der Waals surface area (Å²) in [6.45, 7) is 0. The molecular weight excluding hydrogens is 195 g/mol. The second-order valence-electron chi connectivity index (χ2n) is 0.330. The van der Waals surface area contributed by atoms with Crippen LogP contribution in [0.1, 0.15) is 0 Å². The Bertz CT molecular complexity index is 20.9. The second kappa shape index (κ2) is 2.80. The topological polar surface area (TPSA) is 0 Å². The Balaban J connectivity index is 2.54. The van der Waals surface area contributed by atoms with Crippen molar-refractivity contribution in [2.45, 2.75) is 0 Å². The SMILES string of the molecule is F[I-]B(F)F. The van der Waals surface area contributed by atoms with Crippen LogP contribution in [0, 0.1) is 0 Å². The number of halogens is 4. The van der Waals surface area contributed by atoms with Gasteiger partial charge in [-0.1, -0.05) is 0 Å². The average molecular weight is 195 g/mol. The summed E-state index contributed by atoms with van der Waals surface area (Å²) in [4.78, 5) is 0. The molecule has 0 spiro atoms. The van der Waals surface area contributed by atoms with Crippen molar-refractivity contribution in [1.82, 2.24) is 0 Å². The van der Waals surface area contributed by atoms with Crippen LogP contribution in [0.5, 0.6) is 0 Å². The summed E-state index contributed by atoms with van der Waals surface area (Å²) in [6, 6.07) is 0. The van der Waals surface area contributed by atoms with Gasteiger partial charge in [0.15, 0.2) is 0 Å². The van der Waals surface area contributed by atoms with E-state index in [1.807, 2.05) is 0 Å². The van der Waals surface area contributed by atoms with Crippen LogP contribution in [-0.4, -0.2) is 5.12 Å². The maximum atomic E-state index is 10.5. The van der Waals surface area contributed by atoms with Crippen LogP contribution >= 0.6 is 0 Å². The van der Waals surface area contributed by atoms with E-state index in [0.717, 1.165) is 0 Å². The second-order valence-corrected chi connectivity index (χ2v) is 1.74. The molecule has 0 atom stereocenters. The normalized spacial score (nSPS) is 8.60. The Kier molecular flexibility index (Phi) is 3.13. The van der Waals surface area contributed by atoms with Gasteiger partial charge in [0.25, 0.3) is 0 Å². The predicted molar refractivity (Wildman–Crippen MR) is 9.08 cm³/mol. The summed E-state index contributed by atoms with van der Waals surface area (Å²) in [5.74, 6) is 0. The number of hydrogen-bond donors (Lipinski definition) is 0. The van der Waals surface area contributed by atoms with Gasteiger partial charge in [0.2, 0.25) is 0 Å². The van der Waals surface area contributed by atoms with E-state index >= 15 is 0 Å². The van der Waals surface area contributed by atoms with Crippen LogP contribution in [0.3, 0.4) is 0 Å². The molecule has 0 saturated carbocycles. The zero-order valence-electron chi connectivity index (χ0n) is 2.09. The standard InChI is InChI=1S/BF3I/c2-1(3)5-4/q-1. The summed E-state index contributed by atoms with van der Waals surface area (Å²) in [6.07, 6.45) is 0. The first-order valence-electron chi connectivity index (χ1n) is 0.798. The van der Waals surface area contributed by atoms with Gasteiger partial charge in [-0.2, -0.15) is 0 Å². The van der Waals surface area contributed by atoms with Crippen LogP contribution in [0.4, 0.5) is 11.5 Å². The van der Waals surface area contributed by atoms with Gasteiger partial charge < -0.3 is 0 Å². The van der Waals surface area contributed by atoms with E-state index in [-0.39, 0.29) is 0 Å². The summed E-state index contributed by atoms with van der Waals surface area (Å²) < 4.78 is 31.4. The van der Waals surface area contributed by atoms with Crippen LogP contribution < -0.4 is 21.6 Å².